The number of piperazine rings is 1. The molecule has 9 nitrogen and oxygen atoms in total. The maximum atomic E-state index is 12.4. The molecule has 184 valence electrons. The number of aromatic amines is 1. The first kappa shape index (κ1) is 23.4. The summed E-state index contributed by atoms with van der Waals surface area (Å²) in [6.07, 6.45) is 5.38. The van der Waals surface area contributed by atoms with Crippen LogP contribution in [0.1, 0.15) is 35.0 Å². The fourth-order valence-corrected chi connectivity index (χ4v) is 4.72. The molecule has 35 heavy (non-hydrogen) atoms. The molecule has 0 bridgehead atoms. The molecule has 0 aromatic carbocycles. The fourth-order valence-electron chi connectivity index (χ4n) is 4.72. The predicted octanol–water partition coefficient (Wildman–Crippen LogP) is 1.97. The summed E-state index contributed by atoms with van der Waals surface area (Å²) in [6, 6.07) is 7.69. The second kappa shape index (κ2) is 10.5. The molecular weight excluding hydrogens is 444 g/mol. The van der Waals surface area contributed by atoms with Crippen LogP contribution < -0.4 is 15.8 Å². The molecule has 9 heteroatoms. The lowest BCUT2D eigenvalue weighted by Gasteiger charge is -2.36. The minimum Gasteiger partial charge on any atom is -0.381 e. The Morgan fingerprint density at radius 2 is 2.03 bits per heavy atom. The van der Waals surface area contributed by atoms with Crippen LogP contribution in [0.3, 0.4) is 0 Å². The van der Waals surface area contributed by atoms with Gasteiger partial charge < -0.3 is 19.9 Å². The van der Waals surface area contributed by atoms with E-state index in [1.54, 1.807) is 12.3 Å². The van der Waals surface area contributed by atoms with Gasteiger partial charge in [0.25, 0.3) is 11.5 Å². The molecule has 3 aromatic heterocycles. The Balaban J connectivity index is 1.14. The van der Waals surface area contributed by atoms with Crippen molar-refractivity contribution in [3.05, 3.63) is 63.8 Å². The number of fused-ring (bicyclic) bond motifs is 1. The first-order chi connectivity index (χ1) is 17.1. The minimum atomic E-state index is -0.135. The fraction of sp³-hybridized carbons (Fsp3) is 0.462. The van der Waals surface area contributed by atoms with Gasteiger partial charge in [-0.3, -0.25) is 19.5 Å². The van der Waals surface area contributed by atoms with Gasteiger partial charge in [-0.1, -0.05) is 6.92 Å². The topological polar surface area (TPSA) is 103 Å². The van der Waals surface area contributed by atoms with Gasteiger partial charge in [0, 0.05) is 63.6 Å². The van der Waals surface area contributed by atoms with Crippen LogP contribution in [0.25, 0.3) is 11.0 Å². The molecule has 1 amide bonds. The van der Waals surface area contributed by atoms with Gasteiger partial charge in [0.1, 0.15) is 5.69 Å². The third-order valence-corrected chi connectivity index (χ3v) is 6.91. The smallest absolute Gasteiger partial charge is 0.269 e. The van der Waals surface area contributed by atoms with Crippen molar-refractivity contribution in [2.24, 2.45) is 5.92 Å². The Bertz CT molecular complexity index is 1230. The first-order valence-electron chi connectivity index (χ1n) is 12.4. The van der Waals surface area contributed by atoms with Crippen molar-refractivity contribution >= 4 is 22.6 Å². The second-order valence-corrected chi connectivity index (χ2v) is 9.36. The molecule has 0 aliphatic carbocycles. The number of carbonyl (C=O) groups is 1. The standard InChI is InChI=1S/C26H32N6O3/c1-2-20-12-23-24(30-25(20)33)11-19(14-27-23)16-31-6-8-32(9-7-31)21-3-4-22(28-15-21)26(34)29-13-18-5-10-35-17-18/h3-4,11-12,14-15,18H,2,5-10,13,16-17H2,1H3,(H,29,34)(H,30,33). The van der Waals surface area contributed by atoms with E-state index in [0.29, 0.717) is 24.6 Å². The zero-order valence-electron chi connectivity index (χ0n) is 20.1. The average Bonchev–Trinajstić information content (AvgIpc) is 3.41. The van der Waals surface area contributed by atoms with E-state index < -0.39 is 0 Å². The second-order valence-electron chi connectivity index (χ2n) is 9.36. The predicted molar refractivity (Wildman–Crippen MR) is 135 cm³/mol. The van der Waals surface area contributed by atoms with Crippen LogP contribution in [0.15, 0.2) is 41.5 Å². The summed E-state index contributed by atoms with van der Waals surface area (Å²) in [5.74, 6) is 0.264. The Morgan fingerprint density at radius 3 is 2.74 bits per heavy atom. The Morgan fingerprint density at radius 1 is 1.17 bits per heavy atom. The number of aromatic nitrogens is 3. The van der Waals surface area contributed by atoms with Crippen molar-refractivity contribution in [2.45, 2.75) is 26.3 Å². The number of nitrogens with zero attached hydrogens (tertiary/aromatic N) is 4. The van der Waals surface area contributed by atoms with Crippen LogP contribution in [0, 0.1) is 5.92 Å². The molecule has 0 saturated carbocycles. The van der Waals surface area contributed by atoms with E-state index in [1.807, 2.05) is 31.3 Å². The number of amides is 1. The number of pyridine rings is 3. The summed E-state index contributed by atoms with van der Waals surface area (Å²) < 4.78 is 5.36. The molecule has 0 radical (unpaired) electrons. The molecular formula is C26H32N6O3. The zero-order valence-corrected chi connectivity index (χ0v) is 20.1. The number of hydrogen-bond donors (Lipinski definition) is 2. The number of ether oxygens (including phenoxy) is 1. The average molecular weight is 477 g/mol. The molecule has 5 heterocycles. The molecule has 5 rings (SSSR count). The lowest BCUT2D eigenvalue weighted by Crippen LogP contribution is -2.46. The van der Waals surface area contributed by atoms with Crippen molar-refractivity contribution in [1.29, 1.82) is 0 Å². The lowest BCUT2D eigenvalue weighted by atomic mass is 10.1. The monoisotopic (exact) mass is 476 g/mol. The van der Waals surface area contributed by atoms with E-state index in [1.165, 1.54) is 0 Å². The first-order valence-corrected chi connectivity index (χ1v) is 12.4. The third-order valence-electron chi connectivity index (χ3n) is 6.91. The highest BCUT2D eigenvalue weighted by Gasteiger charge is 2.20. The number of aryl methyl sites for hydroxylation is 1. The van der Waals surface area contributed by atoms with Crippen LogP contribution >= 0.6 is 0 Å². The Hall–Kier alpha value is -3.30. The number of carbonyl (C=O) groups excluding carboxylic acids is 1. The van der Waals surface area contributed by atoms with Gasteiger partial charge in [-0.05, 0) is 42.7 Å². The number of nitrogens with one attached hydrogen (secondary N) is 2. The SMILES string of the molecule is CCc1cc2ncc(CN3CCN(c4ccc(C(=O)NCC5CCOC5)nc4)CC3)cc2[nH]c1=O. The normalized spacial score (nSPS) is 18.8. The highest BCUT2D eigenvalue weighted by Crippen LogP contribution is 2.18. The van der Waals surface area contributed by atoms with E-state index in [-0.39, 0.29) is 11.5 Å². The molecule has 3 aromatic rings. The number of hydrogen-bond acceptors (Lipinski definition) is 7. The Labute approximate surface area is 204 Å². The van der Waals surface area contributed by atoms with Gasteiger partial charge in [-0.2, -0.15) is 0 Å². The van der Waals surface area contributed by atoms with Gasteiger partial charge in [0.05, 0.1) is 29.5 Å². The van der Waals surface area contributed by atoms with Gasteiger partial charge in [-0.25, -0.2) is 4.98 Å². The summed E-state index contributed by atoms with van der Waals surface area (Å²) in [5.41, 5.74) is 4.90. The number of anilines is 1. The number of H-pyrrole nitrogens is 1. The lowest BCUT2D eigenvalue weighted by molar-refractivity contribution is 0.0940. The molecule has 1 unspecified atom stereocenters. The van der Waals surface area contributed by atoms with Crippen LogP contribution in [0.4, 0.5) is 5.69 Å². The van der Waals surface area contributed by atoms with Crippen LogP contribution in [-0.2, 0) is 17.7 Å². The summed E-state index contributed by atoms with van der Waals surface area (Å²) in [5, 5.41) is 2.96. The van der Waals surface area contributed by atoms with Gasteiger partial charge in [-0.15, -0.1) is 0 Å². The van der Waals surface area contributed by atoms with Gasteiger partial charge in [0.15, 0.2) is 0 Å². The molecule has 2 fully saturated rings. The van der Waals surface area contributed by atoms with Crippen molar-refractivity contribution < 1.29 is 9.53 Å². The van der Waals surface area contributed by atoms with Crippen molar-refractivity contribution in [3.63, 3.8) is 0 Å². The van der Waals surface area contributed by atoms with Crippen LogP contribution in [-0.4, -0.2) is 71.7 Å². The highest BCUT2D eigenvalue weighted by atomic mass is 16.5. The summed E-state index contributed by atoms with van der Waals surface area (Å²) in [7, 11) is 0. The molecule has 1 atom stereocenters. The maximum Gasteiger partial charge on any atom is 0.269 e. The quantitative estimate of drug-likeness (QED) is 0.537. The van der Waals surface area contributed by atoms with Crippen molar-refractivity contribution in [2.75, 3.05) is 50.8 Å². The Kier molecular flexibility index (Phi) is 7.06. The summed E-state index contributed by atoms with van der Waals surface area (Å²) in [4.78, 5) is 41.1. The largest absolute Gasteiger partial charge is 0.381 e. The van der Waals surface area contributed by atoms with Crippen molar-refractivity contribution in [1.82, 2.24) is 25.2 Å². The molecule has 0 spiro atoms. The third kappa shape index (κ3) is 5.52. The highest BCUT2D eigenvalue weighted by molar-refractivity contribution is 5.92. The number of rotatable bonds is 7. The zero-order chi connectivity index (χ0) is 24.2. The van der Waals surface area contributed by atoms with Gasteiger partial charge >= 0.3 is 0 Å². The van der Waals surface area contributed by atoms with Crippen LogP contribution in [0.5, 0.6) is 0 Å². The summed E-state index contributed by atoms with van der Waals surface area (Å²) in [6.45, 7) is 8.48. The van der Waals surface area contributed by atoms with Crippen molar-refractivity contribution in [3.8, 4) is 0 Å². The molecule has 2 saturated heterocycles. The van der Waals surface area contributed by atoms with E-state index in [4.69, 9.17) is 4.74 Å². The molecule has 2 aliphatic rings. The van der Waals surface area contributed by atoms with Gasteiger partial charge in [0.2, 0.25) is 0 Å². The molecule has 2 aliphatic heterocycles. The van der Waals surface area contributed by atoms with E-state index in [0.717, 1.165) is 80.2 Å². The minimum absolute atomic E-state index is 0.0342. The van der Waals surface area contributed by atoms with E-state index >= 15 is 0 Å². The van der Waals surface area contributed by atoms with E-state index in [9.17, 15) is 9.59 Å². The summed E-state index contributed by atoms with van der Waals surface area (Å²) >= 11 is 0. The van der Waals surface area contributed by atoms with Crippen LogP contribution in [0.2, 0.25) is 0 Å². The maximum absolute atomic E-state index is 12.4. The molecule has 2 N–H and O–H groups in total. The van der Waals surface area contributed by atoms with E-state index in [2.05, 4.69) is 30.1 Å².